The van der Waals surface area contributed by atoms with Crippen LogP contribution >= 0.6 is 12.6 Å². The molecule has 0 bridgehead atoms. The highest BCUT2D eigenvalue weighted by Gasteiger charge is 1.92. The van der Waals surface area contributed by atoms with Gasteiger partial charge in [-0.3, -0.25) is 0 Å². The molecule has 0 atom stereocenters. The van der Waals surface area contributed by atoms with Gasteiger partial charge in [0.25, 0.3) is 0 Å². The number of hydrogen-bond acceptors (Lipinski definition) is 1. The summed E-state index contributed by atoms with van der Waals surface area (Å²) in [5.74, 6) is 0. The molecule has 0 radical (unpaired) electrons. The molecule has 0 saturated carbocycles. The van der Waals surface area contributed by atoms with Crippen LogP contribution in [0, 0.1) is 0 Å². The molecule has 0 saturated heterocycles. The molecule has 0 nitrogen and oxygen atoms in total. The molecule has 0 amide bonds. The van der Waals surface area contributed by atoms with Crippen molar-refractivity contribution in [3.63, 3.8) is 0 Å². The predicted molar refractivity (Wildman–Crippen MR) is 85.6 cm³/mol. The third kappa shape index (κ3) is 13.0. The Morgan fingerprint density at radius 1 is 1.12 bits per heavy atom. The van der Waals surface area contributed by atoms with Crippen molar-refractivity contribution in [2.75, 3.05) is 0 Å². The van der Waals surface area contributed by atoms with Gasteiger partial charge >= 0.3 is 0 Å². The summed E-state index contributed by atoms with van der Waals surface area (Å²) in [7, 11) is 0. The van der Waals surface area contributed by atoms with Crippen molar-refractivity contribution in [1.29, 1.82) is 0 Å². The van der Waals surface area contributed by atoms with E-state index in [1.165, 1.54) is 11.1 Å². The van der Waals surface area contributed by atoms with Gasteiger partial charge in [0.2, 0.25) is 0 Å². The molecular weight excluding hydrogens is 224 g/mol. The van der Waals surface area contributed by atoms with Crippen molar-refractivity contribution in [3.8, 4) is 0 Å². The average Bonchev–Trinajstić information content (AvgIpc) is 2.29. The summed E-state index contributed by atoms with van der Waals surface area (Å²) in [4.78, 5) is 0.946. The first kappa shape index (κ1) is 18.4. The maximum atomic E-state index is 4.32. The van der Waals surface area contributed by atoms with Crippen LogP contribution in [0.1, 0.15) is 41.0 Å². The summed E-state index contributed by atoms with van der Waals surface area (Å²) in [6.07, 6.45) is 12.9. The highest BCUT2D eigenvalue weighted by Crippen LogP contribution is 2.14. The van der Waals surface area contributed by atoms with Gasteiger partial charge in [0, 0.05) is 4.91 Å². The molecule has 0 aromatic rings. The van der Waals surface area contributed by atoms with Crippen LogP contribution in [0.2, 0.25) is 0 Å². The van der Waals surface area contributed by atoms with E-state index < -0.39 is 0 Å². The fourth-order valence-electron chi connectivity index (χ4n) is 1.23. The van der Waals surface area contributed by atoms with E-state index in [9.17, 15) is 0 Å². The minimum Gasteiger partial charge on any atom is -0.143 e. The molecule has 0 N–H and O–H groups in total. The van der Waals surface area contributed by atoms with Gasteiger partial charge in [-0.15, -0.1) is 12.6 Å². The van der Waals surface area contributed by atoms with Gasteiger partial charge in [0.05, 0.1) is 0 Å². The van der Waals surface area contributed by atoms with E-state index in [0.29, 0.717) is 0 Å². The lowest BCUT2D eigenvalue weighted by Crippen LogP contribution is -1.80. The third-order valence-electron chi connectivity index (χ3n) is 1.81. The van der Waals surface area contributed by atoms with Crippen LogP contribution in [-0.2, 0) is 0 Å². The van der Waals surface area contributed by atoms with E-state index in [1.807, 2.05) is 32.9 Å². The van der Waals surface area contributed by atoms with Crippen molar-refractivity contribution in [2.45, 2.75) is 41.0 Å². The Morgan fingerprint density at radius 3 is 2.18 bits per heavy atom. The average molecular weight is 250 g/mol. The lowest BCUT2D eigenvalue weighted by atomic mass is 10.1. The SMILES string of the molecule is C=C/C=C(S)\C=C(\C)C/C(C)=C\C=C\C.CC. The molecular formula is C16H26S. The number of rotatable bonds is 5. The first-order valence-electron chi connectivity index (χ1n) is 6.07. The Bertz CT molecular complexity index is 314. The normalized spacial score (nSPS) is 13.4. The standard InChI is InChI=1S/C14H20S.C2H6/c1-5-7-9-12(3)10-13(4)11-14(15)8-6-2;1-2/h5-9,11,15H,2,10H2,1,3-4H3;1-2H3/b7-5+,12-9-,13-11-,14-8+;. The molecule has 0 aromatic heterocycles. The fourth-order valence-corrected chi connectivity index (χ4v) is 1.56. The second-order valence-corrected chi connectivity index (χ2v) is 4.05. The molecule has 0 aliphatic rings. The molecule has 1 heteroatoms. The number of allylic oxidation sites excluding steroid dienone is 8. The number of thiol groups is 1. The Balaban J connectivity index is 0. The summed E-state index contributed by atoms with van der Waals surface area (Å²) in [6.45, 7) is 13.9. The van der Waals surface area contributed by atoms with Crippen LogP contribution in [0.5, 0.6) is 0 Å². The highest BCUT2D eigenvalue weighted by molar-refractivity contribution is 7.84. The van der Waals surface area contributed by atoms with E-state index in [0.717, 1.165) is 11.3 Å². The smallest absolute Gasteiger partial charge is 0.00393 e. The first-order chi connectivity index (χ1) is 8.10. The van der Waals surface area contributed by atoms with Crippen LogP contribution in [0.25, 0.3) is 0 Å². The molecule has 0 aliphatic heterocycles. The summed E-state index contributed by atoms with van der Waals surface area (Å²) in [5.41, 5.74) is 2.65. The van der Waals surface area contributed by atoms with Gasteiger partial charge in [0.1, 0.15) is 0 Å². The largest absolute Gasteiger partial charge is 0.143 e. The maximum absolute atomic E-state index is 4.32. The van der Waals surface area contributed by atoms with Crippen LogP contribution in [0.15, 0.2) is 59.1 Å². The van der Waals surface area contributed by atoms with Gasteiger partial charge < -0.3 is 0 Å². The molecule has 0 fully saturated rings. The second-order valence-electron chi connectivity index (χ2n) is 3.53. The summed E-state index contributed by atoms with van der Waals surface area (Å²) in [6, 6.07) is 0. The van der Waals surface area contributed by atoms with E-state index >= 15 is 0 Å². The first-order valence-corrected chi connectivity index (χ1v) is 6.52. The molecule has 17 heavy (non-hydrogen) atoms. The fraction of sp³-hybridized carbons (Fsp3) is 0.375. The van der Waals surface area contributed by atoms with Crippen molar-refractivity contribution >= 4 is 12.6 Å². The molecule has 0 rings (SSSR count). The Labute approximate surface area is 113 Å². The van der Waals surface area contributed by atoms with Crippen LogP contribution < -0.4 is 0 Å². The van der Waals surface area contributed by atoms with Crippen molar-refractivity contribution in [1.82, 2.24) is 0 Å². The quantitative estimate of drug-likeness (QED) is 0.458. The minimum atomic E-state index is 0.946. The Morgan fingerprint density at radius 2 is 1.71 bits per heavy atom. The van der Waals surface area contributed by atoms with E-state index in [-0.39, 0.29) is 0 Å². The monoisotopic (exact) mass is 250 g/mol. The van der Waals surface area contributed by atoms with Crippen molar-refractivity contribution < 1.29 is 0 Å². The second kappa shape index (κ2) is 13.1. The Hall–Kier alpha value is -0.950. The highest BCUT2D eigenvalue weighted by atomic mass is 32.1. The van der Waals surface area contributed by atoms with E-state index in [1.54, 1.807) is 6.08 Å². The zero-order valence-corrected chi connectivity index (χ0v) is 12.7. The van der Waals surface area contributed by atoms with Crippen molar-refractivity contribution in [2.24, 2.45) is 0 Å². The van der Waals surface area contributed by atoms with Crippen molar-refractivity contribution in [3.05, 3.63) is 59.1 Å². The molecule has 0 aliphatic carbocycles. The number of hydrogen-bond donors (Lipinski definition) is 1. The van der Waals surface area contributed by atoms with Gasteiger partial charge in [-0.05, 0) is 39.3 Å². The lowest BCUT2D eigenvalue weighted by Gasteiger charge is -2.01. The third-order valence-corrected chi connectivity index (χ3v) is 2.09. The van der Waals surface area contributed by atoms with Gasteiger partial charge in [-0.2, -0.15) is 0 Å². The van der Waals surface area contributed by atoms with Crippen LogP contribution in [0.4, 0.5) is 0 Å². The lowest BCUT2D eigenvalue weighted by molar-refractivity contribution is 1.11. The van der Waals surface area contributed by atoms with Crippen LogP contribution in [0.3, 0.4) is 0 Å². The molecule has 96 valence electrons. The van der Waals surface area contributed by atoms with Gasteiger partial charge in [-0.25, -0.2) is 0 Å². The van der Waals surface area contributed by atoms with Gasteiger partial charge in [-0.1, -0.05) is 55.9 Å². The molecule has 0 spiro atoms. The summed E-state index contributed by atoms with van der Waals surface area (Å²) < 4.78 is 0. The zero-order valence-electron chi connectivity index (χ0n) is 11.8. The Kier molecular flexibility index (Phi) is 14.2. The van der Waals surface area contributed by atoms with E-state index in [2.05, 4.69) is 51.3 Å². The molecule has 0 unspecified atom stereocenters. The molecule has 0 aromatic carbocycles. The topological polar surface area (TPSA) is 0 Å². The van der Waals surface area contributed by atoms with E-state index in [4.69, 9.17) is 0 Å². The minimum absolute atomic E-state index is 0.946. The summed E-state index contributed by atoms with van der Waals surface area (Å²) >= 11 is 4.32. The predicted octanol–water partition coefficient (Wildman–Crippen LogP) is 5.87. The molecule has 0 heterocycles. The maximum Gasteiger partial charge on any atom is 0.00393 e. The summed E-state index contributed by atoms with van der Waals surface area (Å²) in [5, 5.41) is 0. The van der Waals surface area contributed by atoms with Gasteiger partial charge in [0.15, 0.2) is 0 Å². The zero-order chi connectivity index (χ0) is 13.7. The van der Waals surface area contributed by atoms with Crippen LogP contribution in [-0.4, -0.2) is 0 Å².